The van der Waals surface area contributed by atoms with Crippen molar-refractivity contribution < 1.29 is 9.53 Å². The first kappa shape index (κ1) is 17.0. The van der Waals surface area contributed by atoms with Crippen LogP contribution in [0.4, 0.5) is 0 Å². The highest BCUT2D eigenvalue weighted by atomic mass is 16.5. The number of amides is 1. The van der Waals surface area contributed by atoms with Crippen LogP contribution in [0.25, 0.3) is 0 Å². The van der Waals surface area contributed by atoms with E-state index in [9.17, 15) is 4.79 Å². The molecule has 2 aromatic rings. The van der Waals surface area contributed by atoms with Crippen LogP contribution in [0.2, 0.25) is 0 Å². The lowest BCUT2D eigenvalue weighted by molar-refractivity contribution is -0.134. The Bertz CT molecular complexity index is 636. The molecule has 0 saturated heterocycles. The summed E-state index contributed by atoms with van der Waals surface area (Å²) in [7, 11) is 3.49. The van der Waals surface area contributed by atoms with E-state index < -0.39 is 5.41 Å². The highest BCUT2D eigenvalue weighted by molar-refractivity contribution is 5.87. The first-order valence-electron chi connectivity index (χ1n) is 7.74. The summed E-state index contributed by atoms with van der Waals surface area (Å²) < 4.78 is 5.18. The fourth-order valence-corrected chi connectivity index (χ4v) is 2.56. The Kier molecular flexibility index (Phi) is 5.37. The molecule has 23 heavy (non-hydrogen) atoms. The summed E-state index contributed by atoms with van der Waals surface area (Å²) in [5.74, 6) is 0.903. The number of hydrogen-bond acceptors (Lipinski definition) is 3. The van der Waals surface area contributed by atoms with Gasteiger partial charge in [-0.25, -0.2) is 0 Å². The molecule has 0 radical (unpaired) electrons. The third-order valence-electron chi connectivity index (χ3n) is 4.18. The number of benzene rings is 1. The lowest BCUT2D eigenvalue weighted by Gasteiger charge is -2.30. The Balaban J connectivity index is 2.04. The van der Waals surface area contributed by atoms with Crippen LogP contribution in [0.15, 0.2) is 48.8 Å². The summed E-state index contributed by atoms with van der Waals surface area (Å²) in [5.41, 5.74) is 1.60. The molecule has 0 saturated carbocycles. The number of methoxy groups -OCH3 is 1. The predicted molar refractivity (Wildman–Crippen MR) is 91.6 cm³/mol. The highest BCUT2D eigenvalue weighted by Gasteiger charge is 2.32. The minimum atomic E-state index is -0.570. The van der Waals surface area contributed by atoms with Gasteiger partial charge in [-0.2, -0.15) is 0 Å². The first-order valence-corrected chi connectivity index (χ1v) is 7.74. The number of hydrogen-bond donors (Lipinski definition) is 0. The van der Waals surface area contributed by atoms with Gasteiger partial charge in [0.15, 0.2) is 0 Å². The lowest BCUT2D eigenvalue weighted by Crippen LogP contribution is -2.42. The number of carbonyl (C=O) groups excluding carboxylic acids is 1. The Hall–Kier alpha value is -2.36. The maximum Gasteiger partial charge on any atom is 0.232 e. The molecule has 1 amide bonds. The van der Waals surface area contributed by atoms with E-state index in [-0.39, 0.29) is 5.91 Å². The standard InChI is InChI=1S/C19H24N2O2/c1-19(2,16-5-7-17(23-4)8-6-16)18(22)21(3)14-11-15-9-12-20-13-10-15/h5-10,12-13H,11,14H2,1-4H3. The van der Waals surface area contributed by atoms with Crippen molar-refractivity contribution in [3.8, 4) is 5.75 Å². The van der Waals surface area contributed by atoms with Crippen LogP contribution in [0.1, 0.15) is 25.0 Å². The molecule has 0 fully saturated rings. The molecule has 0 aliphatic rings. The van der Waals surface area contributed by atoms with Crippen LogP contribution in [0.5, 0.6) is 5.75 Å². The maximum absolute atomic E-state index is 12.8. The minimum absolute atomic E-state index is 0.108. The molecule has 0 N–H and O–H groups in total. The van der Waals surface area contributed by atoms with Crippen molar-refractivity contribution in [3.05, 3.63) is 59.9 Å². The van der Waals surface area contributed by atoms with Crippen molar-refractivity contribution in [2.75, 3.05) is 20.7 Å². The summed E-state index contributed by atoms with van der Waals surface area (Å²) >= 11 is 0. The van der Waals surface area contributed by atoms with Crippen LogP contribution < -0.4 is 4.74 Å². The van der Waals surface area contributed by atoms with Gasteiger partial charge in [0.25, 0.3) is 0 Å². The molecule has 1 heterocycles. The highest BCUT2D eigenvalue weighted by Crippen LogP contribution is 2.27. The molecule has 122 valence electrons. The summed E-state index contributed by atoms with van der Waals surface area (Å²) in [6, 6.07) is 11.6. The molecule has 0 aliphatic carbocycles. The first-order chi connectivity index (χ1) is 10.9. The zero-order valence-electron chi connectivity index (χ0n) is 14.2. The SMILES string of the molecule is COc1ccc(C(C)(C)C(=O)N(C)CCc2ccncc2)cc1. The summed E-state index contributed by atoms with van der Waals surface area (Å²) in [6.45, 7) is 4.60. The van der Waals surface area contributed by atoms with Gasteiger partial charge in [0.2, 0.25) is 5.91 Å². The van der Waals surface area contributed by atoms with Gasteiger partial charge in [0, 0.05) is 26.0 Å². The number of pyridine rings is 1. The van der Waals surface area contributed by atoms with Crippen LogP contribution in [0.3, 0.4) is 0 Å². The van der Waals surface area contributed by atoms with Crippen molar-refractivity contribution in [1.29, 1.82) is 0 Å². The Labute approximate surface area is 138 Å². The zero-order valence-corrected chi connectivity index (χ0v) is 14.2. The van der Waals surface area contributed by atoms with E-state index in [1.165, 1.54) is 5.56 Å². The summed E-state index contributed by atoms with van der Waals surface area (Å²) in [5, 5.41) is 0. The monoisotopic (exact) mass is 312 g/mol. The Morgan fingerprint density at radius 3 is 2.30 bits per heavy atom. The number of nitrogens with zero attached hydrogens (tertiary/aromatic N) is 2. The Morgan fingerprint density at radius 1 is 1.13 bits per heavy atom. The van der Waals surface area contributed by atoms with E-state index in [1.54, 1.807) is 24.4 Å². The maximum atomic E-state index is 12.8. The molecule has 2 rings (SSSR count). The molecular formula is C19H24N2O2. The van der Waals surface area contributed by atoms with Gasteiger partial charge >= 0.3 is 0 Å². The molecule has 0 atom stereocenters. The van der Waals surface area contributed by atoms with Crippen molar-refractivity contribution in [3.63, 3.8) is 0 Å². The number of likely N-dealkylation sites (N-methyl/N-ethyl adjacent to an activating group) is 1. The van der Waals surface area contributed by atoms with Gasteiger partial charge in [-0.15, -0.1) is 0 Å². The largest absolute Gasteiger partial charge is 0.497 e. The van der Waals surface area contributed by atoms with E-state index in [0.29, 0.717) is 6.54 Å². The van der Waals surface area contributed by atoms with Gasteiger partial charge in [-0.3, -0.25) is 9.78 Å². The molecule has 0 bridgehead atoms. The van der Waals surface area contributed by atoms with E-state index in [4.69, 9.17) is 4.74 Å². The van der Waals surface area contributed by atoms with Crippen molar-refractivity contribution in [1.82, 2.24) is 9.88 Å². The molecule has 0 aliphatic heterocycles. The van der Waals surface area contributed by atoms with Crippen LogP contribution in [-0.4, -0.2) is 36.5 Å². The van der Waals surface area contributed by atoms with Crippen molar-refractivity contribution >= 4 is 5.91 Å². The van der Waals surface area contributed by atoms with Gasteiger partial charge in [0.1, 0.15) is 5.75 Å². The molecule has 1 aromatic carbocycles. The molecular weight excluding hydrogens is 288 g/mol. The third-order valence-corrected chi connectivity index (χ3v) is 4.18. The van der Waals surface area contributed by atoms with E-state index in [2.05, 4.69) is 4.98 Å². The van der Waals surface area contributed by atoms with Gasteiger partial charge < -0.3 is 9.64 Å². The quantitative estimate of drug-likeness (QED) is 0.823. The lowest BCUT2D eigenvalue weighted by atomic mass is 9.83. The summed E-state index contributed by atoms with van der Waals surface area (Å²) in [6.07, 6.45) is 4.38. The zero-order chi connectivity index (χ0) is 16.9. The Morgan fingerprint density at radius 2 is 1.74 bits per heavy atom. The fourth-order valence-electron chi connectivity index (χ4n) is 2.56. The van der Waals surface area contributed by atoms with E-state index in [0.717, 1.165) is 17.7 Å². The number of aromatic nitrogens is 1. The molecule has 4 heteroatoms. The molecule has 4 nitrogen and oxygen atoms in total. The van der Waals surface area contributed by atoms with E-state index in [1.807, 2.05) is 57.3 Å². The van der Waals surface area contributed by atoms with Gasteiger partial charge in [0.05, 0.1) is 12.5 Å². The smallest absolute Gasteiger partial charge is 0.232 e. The average molecular weight is 312 g/mol. The second kappa shape index (κ2) is 7.27. The predicted octanol–water partition coefficient (Wildman–Crippen LogP) is 3.07. The van der Waals surface area contributed by atoms with Crippen molar-refractivity contribution in [2.45, 2.75) is 25.7 Å². The number of ether oxygens (including phenoxy) is 1. The minimum Gasteiger partial charge on any atom is -0.497 e. The second-order valence-electron chi connectivity index (χ2n) is 6.19. The molecule has 1 aromatic heterocycles. The number of carbonyl (C=O) groups is 1. The van der Waals surface area contributed by atoms with Crippen molar-refractivity contribution in [2.24, 2.45) is 0 Å². The second-order valence-corrected chi connectivity index (χ2v) is 6.19. The summed E-state index contributed by atoms with van der Waals surface area (Å²) in [4.78, 5) is 18.6. The average Bonchev–Trinajstić information content (AvgIpc) is 2.59. The van der Waals surface area contributed by atoms with E-state index >= 15 is 0 Å². The van der Waals surface area contributed by atoms with Crippen LogP contribution >= 0.6 is 0 Å². The topological polar surface area (TPSA) is 42.4 Å². The van der Waals surface area contributed by atoms with Gasteiger partial charge in [-0.05, 0) is 55.7 Å². The molecule has 0 spiro atoms. The van der Waals surface area contributed by atoms with Gasteiger partial charge in [-0.1, -0.05) is 12.1 Å². The molecule has 0 unspecified atom stereocenters. The number of rotatable bonds is 6. The third kappa shape index (κ3) is 4.09. The van der Waals surface area contributed by atoms with Crippen LogP contribution in [-0.2, 0) is 16.6 Å². The normalized spacial score (nSPS) is 11.1. The fraction of sp³-hybridized carbons (Fsp3) is 0.368. The van der Waals surface area contributed by atoms with Crippen LogP contribution in [0, 0.1) is 0 Å².